The van der Waals surface area contributed by atoms with Gasteiger partial charge in [-0.15, -0.1) is 0 Å². The van der Waals surface area contributed by atoms with Gasteiger partial charge in [-0.1, -0.05) is 24.3 Å². The highest BCUT2D eigenvalue weighted by Crippen LogP contribution is 2.37. The van der Waals surface area contributed by atoms with Crippen molar-refractivity contribution in [3.63, 3.8) is 0 Å². The van der Waals surface area contributed by atoms with Gasteiger partial charge in [0, 0.05) is 24.0 Å². The highest BCUT2D eigenvalue weighted by atomic mass is 32.2. The van der Waals surface area contributed by atoms with E-state index in [-0.39, 0.29) is 5.56 Å². The van der Waals surface area contributed by atoms with E-state index in [1.54, 1.807) is 36.5 Å². The molecule has 4 nitrogen and oxygen atoms in total. The van der Waals surface area contributed by atoms with E-state index in [4.69, 9.17) is 0 Å². The minimum absolute atomic E-state index is 0.211. The average molecular weight is 412 g/mol. The number of sulfonamides is 1. The highest BCUT2D eigenvalue weighted by molar-refractivity contribution is 7.92. The first-order valence-corrected chi connectivity index (χ1v) is 10.0. The second-order valence-corrected chi connectivity index (χ2v) is 7.98. The van der Waals surface area contributed by atoms with Crippen LogP contribution in [0.5, 0.6) is 0 Å². The predicted octanol–water partition coefficient (Wildman–Crippen LogP) is 4.24. The number of rotatable bonds is 4. The lowest BCUT2D eigenvalue weighted by Crippen LogP contribution is -2.14. The Morgan fingerprint density at radius 3 is 2.43 bits per heavy atom. The zero-order valence-corrected chi connectivity index (χ0v) is 15.5. The lowest BCUT2D eigenvalue weighted by molar-refractivity contribution is -0.140. The summed E-state index contributed by atoms with van der Waals surface area (Å²) in [5.41, 5.74) is 0.828. The maximum Gasteiger partial charge on any atom is 0.419 e. The number of nitrogens with one attached hydrogen (secondary N) is 2. The van der Waals surface area contributed by atoms with E-state index in [0.717, 1.165) is 18.4 Å². The van der Waals surface area contributed by atoms with Crippen LogP contribution in [0.3, 0.4) is 0 Å². The smallest absolute Gasteiger partial charge is 0.387 e. The summed E-state index contributed by atoms with van der Waals surface area (Å²) >= 11 is 0. The fourth-order valence-corrected chi connectivity index (χ4v) is 3.45. The molecule has 2 aromatic carbocycles. The van der Waals surface area contributed by atoms with E-state index in [2.05, 4.69) is 10.0 Å². The molecule has 0 amide bonds. The van der Waals surface area contributed by atoms with Crippen molar-refractivity contribution in [3.8, 4) is 0 Å². The summed E-state index contributed by atoms with van der Waals surface area (Å²) in [5, 5.41) is 2.98. The monoisotopic (exact) mass is 412 g/mol. The van der Waals surface area contributed by atoms with Crippen LogP contribution in [0.2, 0.25) is 0 Å². The molecule has 148 valence electrons. The minimum Gasteiger partial charge on any atom is -0.387 e. The third-order valence-corrected chi connectivity index (χ3v) is 4.63. The summed E-state index contributed by atoms with van der Waals surface area (Å²) in [7, 11) is -3.48. The van der Waals surface area contributed by atoms with Gasteiger partial charge in [0.1, 0.15) is 5.82 Å². The molecule has 0 bridgehead atoms. The lowest BCUT2D eigenvalue weighted by Gasteiger charge is -2.20. The number of halogens is 4. The molecule has 0 radical (unpaired) electrons. The molecule has 28 heavy (non-hydrogen) atoms. The van der Waals surface area contributed by atoms with Crippen LogP contribution in [-0.2, 0) is 16.2 Å². The van der Waals surface area contributed by atoms with Crippen molar-refractivity contribution in [1.82, 2.24) is 5.32 Å². The summed E-state index contributed by atoms with van der Waals surface area (Å²) in [5.74, 6) is -1.34. The zero-order chi connectivity index (χ0) is 20.5. The Morgan fingerprint density at radius 2 is 1.75 bits per heavy atom. The van der Waals surface area contributed by atoms with Crippen molar-refractivity contribution in [3.05, 3.63) is 77.2 Å². The number of allylic oxidation sites excluding steroid dienone is 2. The Bertz CT molecular complexity index is 1070. The molecule has 0 saturated carbocycles. The van der Waals surface area contributed by atoms with Crippen LogP contribution in [0.1, 0.15) is 16.7 Å². The van der Waals surface area contributed by atoms with Gasteiger partial charge in [0.2, 0.25) is 10.0 Å². The quantitative estimate of drug-likeness (QED) is 0.739. The van der Waals surface area contributed by atoms with Crippen LogP contribution < -0.4 is 10.0 Å². The zero-order valence-electron chi connectivity index (χ0n) is 14.6. The first-order valence-electron chi connectivity index (χ1n) is 8.14. The van der Waals surface area contributed by atoms with Gasteiger partial charge < -0.3 is 5.32 Å². The molecule has 1 heterocycles. The number of hydrogen-bond donors (Lipinski definition) is 2. The van der Waals surface area contributed by atoms with Crippen LogP contribution in [-0.4, -0.2) is 21.2 Å². The van der Waals surface area contributed by atoms with E-state index in [1.165, 1.54) is 6.07 Å². The fourth-order valence-electron chi connectivity index (χ4n) is 2.90. The number of hydrogen-bond acceptors (Lipinski definition) is 3. The predicted molar refractivity (Wildman–Crippen MR) is 100 cm³/mol. The molecule has 0 aliphatic carbocycles. The minimum atomic E-state index is -4.81. The highest BCUT2D eigenvalue weighted by Gasteiger charge is 2.34. The summed E-state index contributed by atoms with van der Waals surface area (Å²) in [6.45, 7) is 0.388. The van der Waals surface area contributed by atoms with Gasteiger partial charge in [0.25, 0.3) is 0 Å². The first-order chi connectivity index (χ1) is 13.0. The van der Waals surface area contributed by atoms with Crippen molar-refractivity contribution in [2.75, 3.05) is 17.5 Å². The maximum atomic E-state index is 13.6. The molecular formula is C19H16F4N2O2S. The normalized spacial score (nSPS) is 14.8. The molecular weight excluding hydrogens is 396 g/mol. The Kier molecular flexibility index (Phi) is 5.20. The Balaban J connectivity index is 2.03. The number of dihydropyridines is 1. The molecule has 3 rings (SSSR count). The van der Waals surface area contributed by atoms with E-state index >= 15 is 0 Å². The molecule has 2 aromatic rings. The molecule has 0 saturated heterocycles. The van der Waals surface area contributed by atoms with Gasteiger partial charge in [-0.2, -0.15) is 13.2 Å². The Hall–Kier alpha value is -2.81. The summed E-state index contributed by atoms with van der Waals surface area (Å²) < 4.78 is 78.1. The van der Waals surface area contributed by atoms with Gasteiger partial charge in [-0.05, 0) is 41.0 Å². The fraction of sp³-hybridized carbons (Fsp3) is 0.158. The average Bonchev–Trinajstić information content (AvgIpc) is 2.60. The van der Waals surface area contributed by atoms with Gasteiger partial charge in [-0.25, -0.2) is 12.8 Å². The van der Waals surface area contributed by atoms with Crippen LogP contribution in [0.25, 0.3) is 11.1 Å². The van der Waals surface area contributed by atoms with Crippen molar-refractivity contribution in [2.24, 2.45) is 0 Å². The van der Waals surface area contributed by atoms with E-state index in [9.17, 15) is 26.0 Å². The van der Waals surface area contributed by atoms with Crippen molar-refractivity contribution in [2.45, 2.75) is 6.18 Å². The van der Waals surface area contributed by atoms with Gasteiger partial charge in [-0.3, -0.25) is 4.72 Å². The maximum absolute atomic E-state index is 13.6. The topological polar surface area (TPSA) is 58.2 Å². The van der Waals surface area contributed by atoms with E-state index < -0.39 is 27.6 Å². The lowest BCUT2D eigenvalue weighted by atomic mass is 9.90. The number of alkyl halides is 3. The van der Waals surface area contributed by atoms with Gasteiger partial charge >= 0.3 is 6.18 Å². The summed E-state index contributed by atoms with van der Waals surface area (Å²) in [6.07, 6.45) is -0.467. The Morgan fingerprint density at radius 1 is 1.04 bits per heavy atom. The van der Waals surface area contributed by atoms with Gasteiger partial charge in [0.15, 0.2) is 0 Å². The third-order valence-electron chi connectivity index (χ3n) is 4.02. The first kappa shape index (κ1) is 19.9. The standard InChI is InChI=1S/C19H16F4N2O2S/c1-28(26,27)25-14-4-2-3-12(9-14)16-11-24-8-7-15(16)13-5-6-18(20)17(10-13)19(21,22)23/h2-7,9-11,24-25H,8H2,1H3. The molecule has 9 heteroatoms. The molecule has 0 aromatic heterocycles. The molecule has 0 spiro atoms. The van der Waals surface area contributed by atoms with E-state index in [0.29, 0.717) is 28.9 Å². The van der Waals surface area contributed by atoms with E-state index in [1.807, 2.05) is 0 Å². The van der Waals surface area contributed by atoms with Crippen molar-refractivity contribution >= 4 is 26.9 Å². The summed E-state index contributed by atoms with van der Waals surface area (Å²) in [4.78, 5) is 0. The van der Waals surface area contributed by atoms with Crippen LogP contribution in [0, 0.1) is 5.82 Å². The number of anilines is 1. The van der Waals surface area contributed by atoms with Crippen molar-refractivity contribution in [1.29, 1.82) is 0 Å². The molecule has 0 unspecified atom stereocenters. The molecule has 0 atom stereocenters. The van der Waals surface area contributed by atoms with Gasteiger partial charge in [0.05, 0.1) is 11.8 Å². The second-order valence-electron chi connectivity index (χ2n) is 6.23. The van der Waals surface area contributed by atoms with Crippen LogP contribution >= 0.6 is 0 Å². The largest absolute Gasteiger partial charge is 0.419 e. The van der Waals surface area contributed by atoms with Crippen molar-refractivity contribution < 1.29 is 26.0 Å². The summed E-state index contributed by atoms with van der Waals surface area (Å²) in [6, 6.07) is 9.32. The van der Waals surface area contributed by atoms with Crippen LogP contribution in [0.4, 0.5) is 23.2 Å². The molecule has 1 aliphatic rings. The SMILES string of the molecule is CS(=O)(=O)Nc1cccc(C2=CNCC=C2c2ccc(F)c(C(F)(F)F)c2)c1. The van der Waals surface area contributed by atoms with Crippen LogP contribution in [0.15, 0.2) is 54.7 Å². The molecule has 0 fully saturated rings. The molecule has 1 aliphatic heterocycles. The third kappa shape index (κ3) is 4.53. The second kappa shape index (κ2) is 7.31. The number of benzene rings is 2. The Labute approximate surface area is 159 Å². The molecule has 2 N–H and O–H groups in total.